The molecule has 0 atom stereocenters. The van der Waals surface area contributed by atoms with Gasteiger partial charge in [-0.3, -0.25) is 0 Å². The number of hydrogen-bond donors (Lipinski definition) is 2. The smallest absolute Gasteiger partial charge is 0.405 e. The summed E-state index contributed by atoms with van der Waals surface area (Å²) < 4.78 is 13.0. The maximum atomic E-state index is 6.48. The summed E-state index contributed by atoms with van der Waals surface area (Å²) in [5, 5.41) is 9.85. The molecule has 3 aromatic rings. The molecule has 2 N–H and O–H groups in total. The lowest BCUT2D eigenvalue weighted by Gasteiger charge is -2.32. The van der Waals surface area contributed by atoms with Crippen LogP contribution in [0, 0.1) is 0 Å². The lowest BCUT2D eigenvalue weighted by atomic mass is 9.57. The molecule has 2 heterocycles. The summed E-state index contributed by atoms with van der Waals surface area (Å²) >= 11 is 0. The van der Waals surface area contributed by atoms with Crippen molar-refractivity contribution in [2.75, 3.05) is 10.5 Å². The van der Waals surface area contributed by atoms with Gasteiger partial charge in [0.25, 0.3) is 0 Å². The fourth-order valence-electron chi connectivity index (χ4n) is 4.43. The summed E-state index contributed by atoms with van der Waals surface area (Å²) in [5.41, 5.74) is 4.80. The summed E-state index contributed by atoms with van der Waals surface area (Å²) in [5.74, 6) is 0. The first kappa shape index (κ1) is 20.2. The molecule has 0 unspecified atom stereocenters. The van der Waals surface area contributed by atoms with Crippen LogP contribution in [-0.4, -0.2) is 25.3 Å². The van der Waals surface area contributed by atoms with E-state index in [9.17, 15) is 0 Å². The molecule has 2 aliphatic heterocycles. The predicted octanol–water partition coefficient (Wildman–Crippen LogP) is 5.81. The van der Waals surface area contributed by atoms with Crippen LogP contribution in [0.5, 0.6) is 0 Å². The topological polar surface area (TPSA) is 42.5 Å². The second-order valence-electron chi connectivity index (χ2n) is 9.48. The Labute approximate surface area is 185 Å². The van der Waals surface area contributed by atoms with E-state index in [1.807, 2.05) is 6.07 Å². The summed E-state index contributed by atoms with van der Waals surface area (Å²) in [7, 11) is -0.441. The monoisotopic (exact) mass is 410 g/mol. The van der Waals surface area contributed by atoms with E-state index in [0.717, 1.165) is 27.9 Å². The Morgan fingerprint density at radius 2 is 1.29 bits per heavy atom. The van der Waals surface area contributed by atoms with Crippen molar-refractivity contribution in [3.05, 3.63) is 77.8 Å². The van der Waals surface area contributed by atoms with Gasteiger partial charge in [0.2, 0.25) is 0 Å². The number of nitrogens with one attached hydrogen (secondary N) is 2. The quantitative estimate of drug-likeness (QED) is 0.535. The molecule has 5 rings (SSSR count). The van der Waals surface area contributed by atoms with Crippen LogP contribution in [-0.2, 0) is 9.31 Å². The minimum absolute atomic E-state index is 0.0743. The molecule has 0 radical (unpaired) electrons. The Kier molecular flexibility index (Phi) is 4.68. The fourth-order valence-corrected chi connectivity index (χ4v) is 4.43. The van der Waals surface area contributed by atoms with Gasteiger partial charge in [-0.2, -0.15) is 0 Å². The van der Waals surface area contributed by atoms with Gasteiger partial charge in [-0.05, 0) is 63.2 Å². The Morgan fingerprint density at radius 1 is 0.742 bits per heavy atom. The molecule has 156 valence electrons. The van der Waals surface area contributed by atoms with Crippen LogP contribution in [0.15, 0.2) is 72.2 Å². The van der Waals surface area contributed by atoms with Crippen molar-refractivity contribution in [3.8, 4) is 0 Å². The maximum Gasteiger partial charge on any atom is 0.494 e. The van der Waals surface area contributed by atoms with Crippen molar-refractivity contribution in [2.45, 2.75) is 45.8 Å². The van der Waals surface area contributed by atoms with Crippen molar-refractivity contribution < 1.29 is 9.31 Å². The average Bonchev–Trinajstić information content (AvgIpc) is 2.96. The van der Waals surface area contributed by atoms with E-state index in [0.29, 0.717) is 0 Å². The highest BCUT2D eigenvalue weighted by molar-refractivity contribution is 6.81. The third-order valence-corrected chi connectivity index (χ3v) is 6.94. The first-order valence-electron chi connectivity index (χ1n) is 10.9. The minimum Gasteiger partial charge on any atom is -0.405 e. The van der Waals surface area contributed by atoms with E-state index in [-0.39, 0.29) is 6.98 Å². The maximum absolute atomic E-state index is 6.48. The first-order chi connectivity index (χ1) is 14.8. The second-order valence-corrected chi connectivity index (χ2v) is 9.48. The van der Waals surface area contributed by atoms with Crippen LogP contribution in [0.2, 0.25) is 0 Å². The van der Waals surface area contributed by atoms with Gasteiger partial charge in [-0.1, -0.05) is 60.1 Å². The highest BCUT2D eigenvalue weighted by Crippen LogP contribution is 2.42. The number of benzene rings is 3. The highest BCUT2D eigenvalue weighted by Gasteiger charge is 2.53. The molecular formula is C25H28B2N2O2. The predicted molar refractivity (Wildman–Crippen MR) is 132 cm³/mol. The standard InChI is InChI=1S/C25H28B2N2O2/c1-17(26-28-20-15-9-13-18-14-10-16-21(29-26)22(18)20)23(19-11-7-6-8-12-19)27-30-24(2,3)25(4,5)31-27/h6-16,28-29H,1-5H3/b23-17-. The third kappa shape index (κ3) is 3.35. The molecule has 0 spiro atoms. The zero-order valence-electron chi connectivity index (χ0n) is 18.8. The van der Waals surface area contributed by atoms with Crippen LogP contribution < -0.4 is 10.5 Å². The Morgan fingerprint density at radius 3 is 1.84 bits per heavy atom. The molecular weight excluding hydrogens is 382 g/mol. The van der Waals surface area contributed by atoms with Crippen molar-refractivity contribution in [1.82, 2.24) is 0 Å². The zero-order chi connectivity index (χ0) is 21.8. The van der Waals surface area contributed by atoms with Crippen molar-refractivity contribution in [1.29, 1.82) is 0 Å². The molecule has 31 heavy (non-hydrogen) atoms. The van der Waals surface area contributed by atoms with Crippen LogP contribution in [0.1, 0.15) is 40.2 Å². The van der Waals surface area contributed by atoms with E-state index in [2.05, 4.69) is 106 Å². The number of allylic oxidation sites excluding steroid dienone is 1. The molecule has 1 saturated heterocycles. The molecule has 0 bridgehead atoms. The average molecular weight is 410 g/mol. The number of rotatable bonds is 3. The van der Waals surface area contributed by atoms with Gasteiger partial charge >= 0.3 is 14.1 Å². The zero-order valence-corrected chi connectivity index (χ0v) is 18.8. The Hall–Kier alpha value is -2.69. The largest absolute Gasteiger partial charge is 0.494 e. The fraction of sp³-hybridized carbons (Fsp3) is 0.280. The minimum atomic E-state index is -0.441. The van der Waals surface area contributed by atoms with Crippen LogP contribution >= 0.6 is 0 Å². The van der Waals surface area contributed by atoms with E-state index < -0.39 is 18.3 Å². The lowest BCUT2D eigenvalue weighted by molar-refractivity contribution is 0.00578. The summed E-state index contributed by atoms with van der Waals surface area (Å²) in [6.45, 7) is 10.5. The number of hydrogen-bond acceptors (Lipinski definition) is 4. The molecule has 0 saturated carbocycles. The Balaban J connectivity index is 1.60. The summed E-state index contributed by atoms with van der Waals surface area (Å²) in [6, 6.07) is 23.2. The summed E-state index contributed by atoms with van der Waals surface area (Å²) in [6.07, 6.45) is 0. The van der Waals surface area contributed by atoms with Gasteiger partial charge in [0.15, 0.2) is 0 Å². The van der Waals surface area contributed by atoms with E-state index in [4.69, 9.17) is 9.31 Å². The Bertz CT molecular complexity index is 1120. The normalized spacial score (nSPS) is 19.6. The van der Waals surface area contributed by atoms with Gasteiger partial charge < -0.3 is 19.8 Å². The van der Waals surface area contributed by atoms with Crippen molar-refractivity contribution in [2.24, 2.45) is 0 Å². The van der Waals surface area contributed by atoms with Crippen molar-refractivity contribution >= 4 is 41.7 Å². The van der Waals surface area contributed by atoms with Crippen molar-refractivity contribution in [3.63, 3.8) is 0 Å². The molecule has 4 nitrogen and oxygen atoms in total. The van der Waals surface area contributed by atoms with Crippen LogP contribution in [0.4, 0.5) is 11.4 Å². The molecule has 2 aliphatic rings. The lowest BCUT2D eigenvalue weighted by Crippen LogP contribution is -2.41. The third-order valence-electron chi connectivity index (χ3n) is 6.94. The van der Waals surface area contributed by atoms with Crippen LogP contribution in [0.25, 0.3) is 16.2 Å². The molecule has 0 amide bonds. The molecule has 0 aliphatic carbocycles. The molecule has 0 aromatic heterocycles. The van der Waals surface area contributed by atoms with Gasteiger partial charge in [-0.25, -0.2) is 0 Å². The SMILES string of the molecule is C/C(B1Nc2cccc3cccc(c23)N1)=C(/B1OC(C)(C)C(C)(C)O1)c1ccccc1. The van der Waals surface area contributed by atoms with Gasteiger partial charge in [0, 0.05) is 16.8 Å². The summed E-state index contributed by atoms with van der Waals surface area (Å²) in [4.78, 5) is 0. The molecule has 1 fully saturated rings. The molecule has 6 heteroatoms. The number of anilines is 2. The second kappa shape index (κ2) is 7.18. The van der Waals surface area contributed by atoms with E-state index in [1.54, 1.807) is 0 Å². The highest BCUT2D eigenvalue weighted by atomic mass is 16.7. The van der Waals surface area contributed by atoms with E-state index >= 15 is 0 Å². The van der Waals surface area contributed by atoms with Crippen LogP contribution in [0.3, 0.4) is 0 Å². The molecule has 3 aromatic carbocycles. The van der Waals surface area contributed by atoms with Gasteiger partial charge in [0.05, 0.1) is 11.2 Å². The van der Waals surface area contributed by atoms with Gasteiger partial charge in [-0.15, -0.1) is 0 Å². The van der Waals surface area contributed by atoms with E-state index in [1.165, 1.54) is 10.8 Å². The first-order valence-corrected chi connectivity index (χ1v) is 10.9. The van der Waals surface area contributed by atoms with Gasteiger partial charge in [0.1, 0.15) is 0 Å².